The van der Waals surface area contributed by atoms with E-state index in [-0.39, 0.29) is 5.57 Å². The van der Waals surface area contributed by atoms with Gasteiger partial charge in [-0.2, -0.15) is 0 Å². The number of nitrogens with zero attached hydrogens (tertiary/aromatic N) is 2. The minimum Gasteiger partial charge on any atom is -0.441 e. The lowest BCUT2D eigenvalue weighted by atomic mass is 10.1. The molecule has 0 spiro atoms. The highest BCUT2D eigenvalue weighted by atomic mass is 35.5. The van der Waals surface area contributed by atoms with E-state index in [0.717, 1.165) is 30.8 Å². The third-order valence-corrected chi connectivity index (χ3v) is 5.31. The Bertz CT molecular complexity index is 1000. The van der Waals surface area contributed by atoms with Gasteiger partial charge in [0.1, 0.15) is 11.3 Å². The molecule has 1 N–H and O–H groups in total. The van der Waals surface area contributed by atoms with Crippen LogP contribution in [0.5, 0.6) is 0 Å². The molecule has 7 nitrogen and oxygen atoms in total. The number of anilines is 2. The number of halogens is 1. The molecule has 28 heavy (non-hydrogen) atoms. The first-order valence-corrected chi connectivity index (χ1v) is 9.35. The van der Waals surface area contributed by atoms with Crippen LogP contribution in [0.15, 0.2) is 40.3 Å². The lowest BCUT2D eigenvalue weighted by Gasteiger charge is -2.27. The largest absolute Gasteiger partial charge is 0.441 e. The molecular weight excluding hydrogens is 382 g/mol. The van der Waals surface area contributed by atoms with E-state index >= 15 is 0 Å². The van der Waals surface area contributed by atoms with Gasteiger partial charge in [0.25, 0.3) is 11.8 Å². The van der Waals surface area contributed by atoms with Crippen LogP contribution in [0.2, 0.25) is 5.02 Å². The van der Waals surface area contributed by atoms with Crippen LogP contribution < -0.4 is 15.1 Å². The molecule has 0 aliphatic carbocycles. The van der Waals surface area contributed by atoms with Crippen molar-refractivity contribution in [2.45, 2.75) is 19.8 Å². The Morgan fingerprint density at radius 2 is 1.86 bits per heavy atom. The second-order valence-electron chi connectivity index (χ2n) is 6.71. The van der Waals surface area contributed by atoms with Gasteiger partial charge in [0, 0.05) is 24.2 Å². The Kier molecular flexibility index (Phi) is 4.68. The van der Waals surface area contributed by atoms with Crippen molar-refractivity contribution in [1.82, 2.24) is 5.32 Å². The minimum atomic E-state index is -0.810. The Balaban J connectivity index is 1.68. The molecule has 4 rings (SSSR count). The maximum Gasteiger partial charge on any atom is 0.335 e. The number of carbonyl (C=O) groups excluding carboxylic acids is 3. The Labute approximate surface area is 166 Å². The number of amides is 4. The summed E-state index contributed by atoms with van der Waals surface area (Å²) in [5, 5.41) is 2.62. The summed E-state index contributed by atoms with van der Waals surface area (Å²) >= 11 is 6.12. The molecule has 4 amide bonds. The Morgan fingerprint density at radius 3 is 2.61 bits per heavy atom. The van der Waals surface area contributed by atoms with E-state index in [0.29, 0.717) is 27.9 Å². The normalized spacial score (nSPS) is 18.9. The van der Waals surface area contributed by atoms with Crippen molar-refractivity contribution in [2.75, 3.05) is 22.9 Å². The molecule has 144 valence electrons. The standard InChI is InChI=1S/C20H18ClN3O4/c1-12-15(21)5-4-6-16(12)24-19(26)14(18(25)22-20(24)27)11-13-7-8-17(28-13)23-9-2-3-10-23/h4-8,11H,2-3,9-10H2,1H3,(H,22,25,27)/b14-11+. The highest BCUT2D eigenvalue weighted by Crippen LogP contribution is 2.30. The number of furan rings is 1. The van der Waals surface area contributed by atoms with Gasteiger partial charge in [0.15, 0.2) is 5.88 Å². The minimum absolute atomic E-state index is 0.179. The number of rotatable bonds is 3. The third-order valence-electron chi connectivity index (χ3n) is 4.90. The van der Waals surface area contributed by atoms with Gasteiger partial charge in [-0.05, 0) is 49.6 Å². The van der Waals surface area contributed by atoms with Crippen LogP contribution in [0.1, 0.15) is 24.2 Å². The molecule has 2 fully saturated rings. The van der Waals surface area contributed by atoms with Crippen LogP contribution in [0.4, 0.5) is 16.4 Å². The molecule has 1 aromatic carbocycles. The smallest absolute Gasteiger partial charge is 0.335 e. The van der Waals surface area contributed by atoms with Gasteiger partial charge in [-0.15, -0.1) is 0 Å². The Morgan fingerprint density at radius 1 is 1.11 bits per heavy atom. The number of nitrogens with one attached hydrogen (secondary N) is 1. The fourth-order valence-electron chi connectivity index (χ4n) is 3.38. The molecule has 0 atom stereocenters. The van der Waals surface area contributed by atoms with Crippen LogP contribution in [-0.4, -0.2) is 30.9 Å². The van der Waals surface area contributed by atoms with Gasteiger partial charge in [0.2, 0.25) is 0 Å². The fourth-order valence-corrected chi connectivity index (χ4v) is 3.55. The van der Waals surface area contributed by atoms with Crippen LogP contribution in [0.3, 0.4) is 0 Å². The van der Waals surface area contributed by atoms with E-state index < -0.39 is 17.8 Å². The van der Waals surface area contributed by atoms with E-state index in [1.165, 1.54) is 6.08 Å². The summed E-state index contributed by atoms with van der Waals surface area (Å²) in [6, 6.07) is 7.61. The molecular formula is C20H18ClN3O4. The summed E-state index contributed by atoms with van der Waals surface area (Å²) in [7, 11) is 0. The summed E-state index contributed by atoms with van der Waals surface area (Å²) in [5.41, 5.74) is 0.711. The Hall–Kier alpha value is -3.06. The zero-order valence-corrected chi connectivity index (χ0v) is 16.0. The second kappa shape index (κ2) is 7.16. The number of imide groups is 2. The van der Waals surface area contributed by atoms with Crippen LogP contribution in [-0.2, 0) is 9.59 Å². The summed E-state index contributed by atoms with van der Waals surface area (Å²) in [6.07, 6.45) is 3.57. The highest BCUT2D eigenvalue weighted by molar-refractivity contribution is 6.39. The summed E-state index contributed by atoms with van der Waals surface area (Å²) in [4.78, 5) is 40.6. The average molecular weight is 400 g/mol. The molecule has 1 aromatic heterocycles. The van der Waals surface area contributed by atoms with Crippen molar-refractivity contribution >= 4 is 47.1 Å². The van der Waals surface area contributed by atoms with Gasteiger partial charge in [-0.25, -0.2) is 9.69 Å². The molecule has 2 aromatic rings. The zero-order valence-electron chi connectivity index (χ0n) is 15.2. The van der Waals surface area contributed by atoms with Crippen molar-refractivity contribution in [3.05, 3.63) is 52.3 Å². The molecule has 0 unspecified atom stereocenters. The number of urea groups is 1. The van der Waals surface area contributed by atoms with Crippen molar-refractivity contribution in [2.24, 2.45) is 0 Å². The third kappa shape index (κ3) is 3.18. The van der Waals surface area contributed by atoms with E-state index in [2.05, 4.69) is 10.2 Å². The first kappa shape index (κ1) is 18.3. The van der Waals surface area contributed by atoms with Crippen LogP contribution in [0.25, 0.3) is 6.08 Å². The van der Waals surface area contributed by atoms with Crippen molar-refractivity contribution in [1.29, 1.82) is 0 Å². The summed E-state index contributed by atoms with van der Waals surface area (Å²) in [5.74, 6) is -0.410. The molecule has 0 saturated carbocycles. The average Bonchev–Trinajstić information content (AvgIpc) is 3.33. The summed E-state index contributed by atoms with van der Waals surface area (Å²) < 4.78 is 5.77. The highest BCUT2D eigenvalue weighted by Gasteiger charge is 2.37. The predicted molar refractivity (Wildman–Crippen MR) is 105 cm³/mol. The number of benzene rings is 1. The SMILES string of the molecule is Cc1c(Cl)cccc1N1C(=O)NC(=O)/C(=C\c2ccc(N3CCCC3)o2)C1=O. The van der Waals surface area contributed by atoms with Gasteiger partial charge in [-0.3, -0.25) is 14.9 Å². The van der Waals surface area contributed by atoms with Gasteiger partial charge in [-0.1, -0.05) is 17.7 Å². The molecule has 2 saturated heterocycles. The monoisotopic (exact) mass is 399 g/mol. The lowest BCUT2D eigenvalue weighted by Crippen LogP contribution is -2.54. The van der Waals surface area contributed by atoms with E-state index in [1.54, 1.807) is 31.2 Å². The molecule has 2 aliphatic rings. The number of hydrogen-bond donors (Lipinski definition) is 1. The van der Waals surface area contributed by atoms with Crippen molar-refractivity contribution in [3.8, 4) is 0 Å². The van der Waals surface area contributed by atoms with Gasteiger partial charge < -0.3 is 9.32 Å². The molecule has 0 radical (unpaired) electrons. The van der Waals surface area contributed by atoms with E-state index in [1.807, 2.05) is 6.07 Å². The first-order chi connectivity index (χ1) is 13.5. The second-order valence-corrected chi connectivity index (χ2v) is 7.12. The molecule has 3 heterocycles. The summed E-state index contributed by atoms with van der Waals surface area (Å²) in [6.45, 7) is 3.53. The molecule has 2 aliphatic heterocycles. The lowest BCUT2D eigenvalue weighted by molar-refractivity contribution is -0.122. The van der Waals surface area contributed by atoms with Crippen molar-refractivity contribution in [3.63, 3.8) is 0 Å². The van der Waals surface area contributed by atoms with Crippen LogP contribution in [0, 0.1) is 6.92 Å². The zero-order chi connectivity index (χ0) is 19.8. The van der Waals surface area contributed by atoms with Crippen molar-refractivity contribution < 1.29 is 18.8 Å². The van der Waals surface area contributed by atoms with E-state index in [9.17, 15) is 14.4 Å². The predicted octanol–water partition coefficient (Wildman–Crippen LogP) is 3.51. The maximum atomic E-state index is 13.0. The van der Waals surface area contributed by atoms with E-state index in [4.69, 9.17) is 16.0 Å². The number of hydrogen-bond acceptors (Lipinski definition) is 5. The first-order valence-electron chi connectivity index (χ1n) is 8.97. The maximum absolute atomic E-state index is 13.0. The number of barbiturate groups is 1. The number of carbonyl (C=O) groups is 3. The fraction of sp³-hybridized carbons (Fsp3) is 0.250. The molecule has 8 heteroatoms. The molecule has 0 bridgehead atoms. The topological polar surface area (TPSA) is 82.9 Å². The van der Waals surface area contributed by atoms with Crippen LogP contribution >= 0.6 is 11.6 Å². The van der Waals surface area contributed by atoms with Gasteiger partial charge >= 0.3 is 6.03 Å². The quantitative estimate of drug-likeness (QED) is 0.630. The van der Waals surface area contributed by atoms with Gasteiger partial charge in [0.05, 0.1) is 5.69 Å².